The Morgan fingerprint density at radius 3 is 3.00 bits per heavy atom. The van der Waals surface area contributed by atoms with Crippen LogP contribution in [-0.4, -0.2) is 11.2 Å². The quantitative estimate of drug-likeness (QED) is 0.649. The number of aryl methyl sites for hydroxylation is 1. The number of hydrogen-bond acceptors (Lipinski definition) is 2. The molecule has 0 aliphatic heterocycles. The molecule has 0 N–H and O–H groups in total. The van der Waals surface area contributed by atoms with Crippen LogP contribution < -0.4 is 0 Å². The van der Waals surface area contributed by atoms with E-state index in [2.05, 4.69) is 23.8 Å². The van der Waals surface area contributed by atoms with Crippen molar-refractivity contribution in [1.29, 1.82) is 0 Å². The van der Waals surface area contributed by atoms with E-state index in [4.69, 9.17) is 0 Å². The summed E-state index contributed by atoms with van der Waals surface area (Å²) in [7, 11) is 0. The number of nitrogens with zero attached hydrogens (tertiary/aromatic N) is 2. The van der Waals surface area contributed by atoms with Gasteiger partial charge in [-0.05, 0) is 30.9 Å². The van der Waals surface area contributed by atoms with Gasteiger partial charge < -0.3 is 0 Å². The van der Waals surface area contributed by atoms with Crippen LogP contribution >= 0.6 is 0 Å². The van der Waals surface area contributed by atoms with Gasteiger partial charge in [0, 0.05) is 12.4 Å². The van der Waals surface area contributed by atoms with Gasteiger partial charge >= 0.3 is 0 Å². The van der Waals surface area contributed by atoms with E-state index in [1.54, 1.807) is 12.4 Å². The van der Waals surface area contributed by atoms with Crippen molar-refractivity contribution in [1.82, 2.24) is 4.98 Å². The average molecular weight is 176 g/mol. The van der Waals surface area contributed by atoms with Gasteiger partial charge in [0.05, 0.1) is 11.9 Å². The normalized spacial score (nSPS) is 13.5. The van der Waals surface area contributed by atoms with E-state index in [1.165, 1.54) is 5.56 Å². The Morgan fingerprint density at radius 1 is 1.62 bits per heavy atom. The summed E-state index contributed by atoms with van der Waals surface area (Å²) >= 11 is 0. The Balaban J connectivity index is 2.74. The first-order valence-electron chi connectivity index (χ1n) is 4.68. The highest BCUT2D eigenvalue weighted by Crippen LogP contribution is 2.15. The topological polar surface area (TPSA) is 25.2 Å². The number of hydrogen-bond donors (Lipinski definition) is 0. The highest BCUT2D eigenvalue weighted by molar-refractivity contribution is 5.66. The lowest BCUT2D eigenvalue weighted by Gasteiger charge is -2.00. The van der Waals surface area contributed by atoms with Gasteiger partial charge in [-0.15, -0.1) is 0 Å². The molecule has 0 amide bonds. The van der Waals surface area contributed by atoms with Crippen LogP contribution in [0.25, 0.3) is 0 Å². The van der Waals surface area contributed by atoms with Crippen LogP contribution in [0.15, 0.2) is 23.5 Å². The molecule has 2 nitrogen and oxygen atoms in total. The molecule has 0 bridgehead atoms. The largest absolute Gasteiger partial charge is 0.262 e. The maximum absolute atomic E-state index is 4.39. The molecule has 1 unspecified atom stereocenters. The van der Waals surface area contributed by atoms with Gasteiger partial charge in [0.2, 0.25) is 0 Å². The summed E-state index contributed by atoms with van der Waals surface area (Å²) < 4.78 is 0. The van der Waals surface area contributed by atoms with Gasteiger partial charge in [0.1, 0.15) is 0 Å². The van der Waals surface area contributed by atoms with Crippen molar-refractivity contribution in [3.8, 4) is 0 Å². The summed E-state index contributed by atoms with van der Waals surface area (Å²) in [6.07, 6.45) is 6.71. The van der Waals surface area contributed by atoms with Crippen molar-refractivity contribution >= 4 is 11.9 Å². The molecule has 1 rings (SSSR count). The highest BCUT2D eigenvalue weighted by atomic mass is 14.8. The molecule has 70 valence electrons. The Bertz CT molecular complexity index is 292. The molecule has 0 aliphatic rings. The van der Waals surface area contributed by atoms with E-state index >= 15 is 0 Å². The molecule has 0 spiro atoms. The van der Waals surface area contributed by atoms with Crippen LogP contribution in [0.1, 0.15) is 25.8 Å². The van der Waals surface area contributed by atoms with Crippen LogP contribution in [0, 0.1) is 12.8 Å². The number of aromatic nitrogens is 1. The SMILES string of the molecule is CCC(C)/C=N\c1cnccc1C. The van der Waals surface area contributed by atoms with Crippen LogP contribution in [0.5, 0.6) is 0 Å². The molecule has 0 radical (unpaired) electrons. The molecule has 1 atom stereocenters. The number of aliphatic imine (C=N–C) groups is 1. The highest BCUT2D eigenvalue weighted by Gasteiger charge is 1.95. The molecule has 0 saturated carbocycles. The molecule has 2 heteroatoms. The predicted molar refractivity (Wildman–Crippen MR) is 56.6 cm³/mol. The molecule has 0 aliphatic carbocycles. The fraction of sp³-hybridized carbons (Fsp3) is 0.455. The van der Waals surface area contributed by atoms with Crippen molar-refractivity contribution in [2.45, 2.75) is 27.2 Å². The second kappa shape index (κ2) is 4.75. The molecule has 1 aromatic rings. The molecular formula is C11H16N2. The van der Waals surface area contributed by atoms with Crippen molar-refractivity contribution in [2.24, 2.45) is 10.9 Å². The fourth-order valence-electron chi connectivity index (χ4n) is 0.904. The predicted octanol–water partition coefficient (Wildman–Crippen LogP) is 3.14. The summed E-state index contributed by atoms with van der Waals surface area (Å²) in [5.74, 6) is 0.541. The van der Waals surface area contributed by atoms with Gasteiger partial charge in [0.25, 0.3) is 0 Å². The van der Waals surface area contributed by atoms with E-state index in [0.29, 0.717) is 5.92 Å². The Labute approximate surface area is 79.7 Å². The molecule has 0 saturated heterocycles. The first-order valence-corrected chi connectivity index (χ1v) is 4.68. The zero-order valence-corrected chi connectivity index (χ0v) is 8.49. The standard InChI is InChI=1S/C11H16N2/c1-4-9(2)7-13-11-8-12-6-5-10(11)3/h5-9H,4H2,1-3H3/b13-7-. The van der Waals surface area contributed by atoms with Gasteiger partial charge in [-0.3, -0.25) is 9.98 Å². The van der Waals surface area contributed by atoms with E-state index in [1.807, 2.05) is 19.2 Å². The number of rotatable bonds is 3. The molecule has 0 aromatic carbocycles. The molecular weight excluding hydrogens is 160 g/mol. The number of pyridine rings is 1. The lowest BCUT2D eigenvalue weighted by atomic mass is 10.1. The third-order valence-electron chi connectivity index (χ3n) is 2.12. The average Bonchev–Trinajstić information content (AvgIpc) is 2.16. The third-order valence-corrected chi connectivity index (χ3v) is 2.12. The van der Waals surface area contributed by atoms with Crippen LogP contribution in [0.3, 0.4) is 0 Å². The molecule has 0 fully saturated rings. The van der Waals surface area contributed by atoms with Crippen molar-refractivity contribution < 1.29 is 0 Å². The maximum atomic E-state index is 4.39. The molecule has 1 aromatic heterocycles. The van der Waals surface area contributed by atoms with Crippen LogP contribution in [0.2, 0.25) is 0 Å². The van der Waals surface area contributed by atoms with Crippen molar-refractivity contribution in [3.63, 3.8) is 0 Å². The van der Waals surface area contributed by atoms with E-state index in [9.17, 15) is 0 Å². The lowest BCUT2D eigenvalue weighted by molar-refractivity contribution is 0.754. The van der Waals surface area contributed by atoms with Gasteiger partial charge in [-0.2, -0.15) is 0 Å². The zero-order chi connectivity index (χ0) is 9.68. The minimum atomic E-state index is 0.541. The van der Waals surface area contributed by atoms with E-state index in [0.717, 1.165) is 12.1 Å². The van der Waals surface area contributed by atoms with Gasteiger partial charge in [-0.25, -0.2) is 0 Å². The first kappa shape index (κ1) is 9.90. The van der Waals surface area contributed by atoms with E-state index < -0.39 is 0 Å². The first-order chi connectivity index (χ1) is 6.24. The summed E-state index contributed by atoms with van der Waals surface area (Å²) in [5.41, 5.74) is 2.15. The van der Waals surface area contributed by atoms with E-state index in [-0.39, 0.29) is 0 Å². The zero-order valence-electron chi connectivity index (χ0n) is 8.49. The smallest absolute Gasteiger partial charge is 0.0838 e. The Kier molecular flexibility index (Phi) is 3.62. The monoisotopic (exact) mass is 176 g/mol. The fourth-order valence-corrected chi connectivity index (χ4v) is 0.904. The Hall–Kier alpha value is -1.18. The summed E-state index contributed by atoms with van der Waals surface area (Å²) in [5, 5.41) is 0. The summed E-state index contributed by atoms with van der Waals surface area (Å²) in [6, 6.07) is 1.98. The molecule has 13 heavy (non-hydrogen) atoms. The lowest BCUT2D eigenvalue weighted by Crippen LogP contribution is -1.91. The van der Waals surface area contributed by atoms with Crippen LogP contribution in [0.4, 0.5) is 5.69 Å². The Morgan fingerprint density at radius 2 is 2.38 bits per heavy atom. The summed E-state index contributed by atoms with van der Waals surface area (Å²) in [4.78, 5) is 8.42. The second-order valence-electron chi connectivity index (χ2n) is 3.33. The van der Waals surface area contributed by atoms with Gasteiger partial charge in [0.15, 0.2) is 0 Å². The van der Waals surface area contributed by atoms with Crippen molar-refractivity contribution in [2.75, 3.05) is 0 Å². The molecule has 1 heterocycles. The third kappa shape index (κ3) is 2.98. The summed E-state index contributed by atoms with van der Waals surface area (Å²) in [6.45, 7) is 6.37. The van der Waals surface area contributed by atoms with Crippen LogP contribution in [-0.2, 0) is 0 Å². The van der Waals surface area contributed by atoms with Crippen molar-refractivity contribution in [3.05, 3.63) is 24.0 Å². The van der Waals surface area contributed by atoms with Gasteiger partial charge in [-0.1, -0.05) is 13.8 Å². The maximum Gasteiger partial charge on any atom is 0.0838 e. The minimum Gasteiger partial charge on any atom is -0.262 e. The second-order valence-corrected chi connectivity index (χ2v) is 3.33. The minimum absolute atomic E-state index is 0.541.